The zero-order valence-electron chi connectivity index (χ0n) is 8.75. The number of benzene rings is 1. The summed E-state index contributed by atoms with van der Waals surface area (Å²) in [7, 11) is 0. The molecule has 0 bridgehead atoms. The number of rotatable bonds is 3. The largest absolute Gasteiger partial charge is 0.489 e. The fraction of sp³-hybridized carbons (Fsp3) is 0.455. The molecule has 2 atom stereocenters. The molecule has 0 saturated heterocycles. The second-order valence-corrected chi connectivity index (χ2v) is 3.59. The summed E-state index contributed by atoms with van der Waals surface area (Å²) in [6, 6.07) is 4.75. The summed E-state index contributed by atoms with van der Waals surface area (Å²) in [6.07, 6.45) is -0.114. The Morgan fingerprint density at radius 2 is 2.00 bits per heavy atom. The first-order valence-corrected chi connectivity index (χ1v) is 4.69. The van der Waals surface area contributed by atoms with Crippen molar-refractivity contribution in [3.8, 4) is 5.75 Å². The molecular formula is C11H16FNO. The summed E-state index contributed by atoms with van der Waals surface area (Å²) in [5, 5.41) is 0. The Hall–Kier alpha value is -1.09. The normalized spacial score (nSPS) is 14.9. The van der Waals surface area contributed by atoms with Gasteiger partial charge < -0.3 is 10.5 Å². The molecule has 0 radical (unpaired) electrons. The van der Waals surface area contributed by atoms with Gasteiger partial charge in [-0.3, -0.25) is 0 Å². The van der Waals surface area contributed by atoms with Crippen LogP contribution in [0.3, 0.4) is 0 Å². The van der Waals surface area contributed by atoms with Crippen molar-refractivity contribution >= 4 is 0 Å². The Labute approximate surface area is 83.9 Å². The fourth-order valence-electron chi connectivity index (χ4n) is 0.969. The molecule has 14 heavy (non-hydrogen) atoms. The van der Waals surface area contributed by atoms with E-state index in [1.807, 2.05) is 13.8 Å². The van der Waals surface area contributed by atoms with Gasteiger partial charge in [-0.25, -0.2) is 4.39 Å². The number of nitrogens with two attached hydrogens (primary N) is 1. The van der Waals surface area contributed by atoms with Crippen LogP contribution in [0.25, 0.3) is 0 Å². The first kappa shape index (κ1) is 11.0. The van der Waals surface area contributed by atoms with Gasteiger partial charge in [0.25, 0.3) is 0 Å². The van der Waals surface area contributed by atoms with E-state index in [-0.39, 0.29) is 18.0 Å². The van der Waals surface area contributed by atoms with E-state index < -0.39 is 0 Å². The van der Waals surface area contributed by atoms with Gasteiger partial charge in [0.05, 0.1) is 0 Å². The van der Waals surface area contributed by atoms with Crippen molar-refractivity contribution in [1.29, 1.82) is 0 Å². The predicted molar refractivity (Wildman–Crippen MR) is 54.9 cm³/mol. The molecule has 1 rings (SSSR count). The smallest absolute Gasteiger partial charge is 0.129 e. The first-order valence-electron chi connectivity index (χ1n) is 4.69. The molecule has 1 aromatic rings. The second kappa shape index (κ2) is 4.42. The molecule has 0 aromatic heterocycles. The van der Waals surface area contributed by atoms with E-state index in [0.717, 1.165) is 0 Å². The van der Waals surface area contributed by atoms with Crippen LogP contribution in [-0.2, 0) is 0 Å². The highest BCUT2D eigenvalue weighted by Crippen LogP contribution is 2.17. The Morgan fingerprint density at radius 3 is 2.50 bits per heavy atom. The van der Waals surface area contributed by atoms with Gasteiger partial charge in [0.15, 0.2) is 0 Å². The van der Waals surface area contributed by atoms with Crippen LogP contribution in [0.2, 0.25) is 0 Å². The molecular weight excluding hydrogens is 181 g/mol. The maximum atomic E-state index is 13.1. The third-order valence-electron chi connectivity index (χ3n) is 2.21. The molecule has 0 saturated carbocycles. The minimum Gasteiger partial charge on any atom is -0.489 e. The number of aryl methyl sites for hydroxylation is 1. The minimum atomic E-state index is -0.251. The average molecular weight is 197 g/mol. The van der Waals surface area contributed by atoms with Gasteiger partial charge in [0, 0.05) is 12.1 Å². The van der Waals surface area contributed by atoms with Crippen LogP contribution in [0.1, 0.15) is 19.4 Å². The van der Waals surface area contributed by atoms with E-state index in [4.69, 9.17) is 10.5 Å². The molecule has 0 fully saturated rings. The summed E-state index contributed by atoms with van der Waals surface area (Å²) in [5.41, 5.74) is 6.25. The summed E-state index contributed by atoms with van der Waals surface area (Å²) >= 11 is 0. The lowest BCUT2D eigenvalue weighted by atomic mass is 10.2. The van der Waals surface area contributed by atoms with E-state index in [1.54, 1.807) is 19.1 Å². The molecule has 2 nitrogen and oxygen atoms in total. The molecule has 0 aliphatic rings. The van der Waals surface area contributed by atoms with E-state index in [0.29, 0.717) is 11.3 Å². The highest BCUT2D eigenvalue weighted by atomic mass is 19.1. The quantitative estimate of drug-likeness (QED) is 0.806. The second-order valence-electron chi connectivity index (χ2n) is 3.59. The van der Waals surface area contributed by atoms with Crippen molar-refractivity contribution in [3.63, 3.8) is 0 Å². The highest BCUT2D eigenvalue weighted by Gasteiger charge is 2.09. The third-order valence-corrected chi connectivity index (χ3v) is 2.21. The van der Waals surface area contributed by atoms with Crippen LogP contribution in [0.5, 0.6) is 5.75 Å². The zero-order chi connectivity index (χ0) is 10.7. The fourth-order valence-corrected chi connectivity index (χ4v) is 0.969. The average Bonchev–Trinajstić information content (AvgIpc) is 2.11. The molecule has 3 heteroatoms. The lowest BCUT2D eigenvalue weighted by molar-refractivity contribution is 0.196. The van der Waals surface area contributed by atoms with Gasteiger partial charge in [-0.2, -0.15) is 0 Å². The molecule has 1 unspecified atom stereocenters. The van der Waals surface area contributed by atoms with Crippen molar-refractivity contribution in [2.75, 3.05) is 0 Å². The maximum Gasteiger partial charge on any atom is 0.129 e. The number of halogens is 1. The molecule has 78 valence electrons. The minimum absolute atomic E-state index is 0.0700. The number of hydrogen-bond donors (Lipinski definition) is 1. The Morgan fingerprint density at radius 1 is 1.36 bits per heavy atom. The topological polar surface area (TPSA) is 35.2 Å². The molecule has 0 aliphatic heterocycles. The van der Waals surface area contributed by atoms with Crippen LogP contribution < -0.4 is 10.5 Å². The first-order chi connectivity index (χ1) is 6.50. The van der Waals surface area contributed by atoms with Crippen molar-refractivity contribution < 1.29 is 9.13 Å². The van der Waals surface area contributed by atoms with Crippen molar-refractivity contribution in [2.45, 2.75) is 32.9 Å². The maximum absolute atomic E-state index is 13.1. The molecule has 1 aromatic carbocycles. The highest BCUT2D eigenvalue weighted by molar-refractivity contribution is 5.28. The van der Waals surface area contributed by atoms with Gasteiger partial charge in [-0.1, -0.05) is 6.07 Å². The lowest BCUT2D eigenvalue weighted by Gasteiger charge is -2.18. The van der Waals surface area contributed by atoms with Crippen LogP contribution in [0, 0.1) is 12.7 Å². The summed E-state index contributed by atoms with van der Waals surface area (Å²) in [4.78, 5) is 0. The van der Waals surface area contributed by atoms with Gasteiger partial charge in [0.1, 0.15) is 17.7 Å². The van der Waals surface area contributed by atoms with Crippen LogP contribution in [0.15, 0.2) is 18.2 Å². The Bertz CT molecular complexity index is 312. The van der Waals surface area contributed by atoms with Crippen molar-refractivity contribution in [1.82, 2.24) is 0 Å². The molecule has 0 aliphatic carbocycles. The molecule has 0 amide bonds. The monoisotopic (exact) mass is 197 g/mol. The van der Waals surface area contributed by atoms with E-state index in [9.17, 15) is 4.39 Å². The van der Waals surface area contributed by atoms with Gasteiger partial charge in [-0.15, -0.1) is 0 Å². The van der Waals surface area contributed by atoms with Gasteiger partial charge in [0.2, 0.25) is 0 Å². The summed E-state index contributed by atoms with van der Waals surface area (Å²) < 4.78 is 18.6. The Kier molecular flexibility index (Phi) is 3.47. The Balaban J connectivity index is 2.73. The van der Waals surface area contributed by atoms with Gasteiger partial charge >= 0.3 is 0 Å². The number of ether oxygens (including phenoxy) is 1. The van der Waals surface area contributed by atoms with Gasteiger partial charge in [-0.05, 0) is 32.4 Å². The standard InChI is InChI=1S/C11H16FNO/c1-7-4-5-10(6-11(7)12)14-9(3)8(2)13/h4-6,8-9H,13H2,1-3H3/t8-,9?/m0/s1. The number of hydrogen-bond acceptors (Lipinski definition) is 2. The van der Waals surface area contributed by atoms with E-state index in [1.165, 1.54) is 6.07 Å². The zero-order valence-corrected chi connectivity index (χ0v) is 8.75. The summed E-state index contributed by atoms with van der Waals surface area (Å²) in [6.45, 7) is 5.44. The van der Waals surface area contributed by atoms with Crippen molar-refractivity contribution in [3.05, 3.63) is 29.6 Å². The van der Waals surface area contributed by atoms with Crippen molar-refractivity contribution in [2.24, 2.45) is 5.73 Å². The lowest BCUT2D eigenvalue weighted by Crippen LogP contribution is -2.33. The van der Waals surface area contributed by atoms with Crippen LogP contribution in [-0.4, -0.2) is 12.1 Å². The van der Waals surface area contributed by atoms with E-state index >= 15 is 0 Å². The molecule has 2 N–H and O–H groups in total. The predicted octanol–water partition coefficient (Wildman–Crippen LogP) is 2.25. The SMILES string of the molecule is Cc1ccc(OC(C)[C@H](C)N)cc1F. The van der Waals surface area contributed by atoms with E-state index in [2.05, 4.69) is 0 Å². The third kappa shape index (κ3) is 2.70. The molecule has 0 heterocycles. The summed E-state index contributed by atoms with van der Waals surface area (Å²) in [5.74, 6) is 0.275. The van der Waals surface area contributed by atoms with Crippen LogP contribution in [0.4, 0.5) is 4.39 Å². The van der Waals surface area contributed by atoms with Crippen LogP contribution >= 0.6 is 0 Å². The molecule has 0 spiro atoms.